The fraction of sp³-hybridized carbons (Fsp3) is 0.933. The van der Waals surface area contributed by atoms with Gasteiger partial charge in [-0.15, -0.1) is 0 Å². The summed E-state index contributed by atoms with van der Waals surface area (Å²) in [5.74, 6) is -0.151. The molecule has 0 radical (unpaired) electrons. The Morgan fingerprint density at radius 3 is 2.37 bits per heavy atom. The zero-order chi connectivity index (χ0) is 14.7. The van der Waals surface area contributed by atoms with Crippen LogP contribution in [0.4, 0.5) is 0 Å². The highest BCUT2D eigenvalue weighted by molar-refractivity contribution is 5.80. The highest BCUT2D eigenvalue weighted by Crippen LogP contribution is 2.26. The van der Waals surface area contributed by atoms with Crippen molar-refractivity contribution in [3.8, 4) is 0 Å². The number of hydrogen-bond acceptors (Lipinski definition) is 4. The molecule has 1 unspecified atom stereocenters. The summed E-state index contributed by atoms with van der Waals surface area (Å²) >= 11 is 0. The summed E-state index contributed by atoms with van der Waals surface area (Å²) in [7, 11) is 3.59. The lowest BCUT2D eigenvalue weighted by Gasteiger charge is -2.37. The predicted molar refractivity (Wildman–Crippen MR) is 78.2 cm³/mol. The maximum atomic E-state index is 12.0. The van der Waals surface area contributed by atoms with E-state index in [0.29, 0.717) is 6.04 Å². The largest absolute Gasteiger partial charge is 0.468 e. The van der Waals surface area contributed by atoms with Crippen LogP contribution in [0.5, 0.6) is 0 Å². The van der Waals surface area contributed by atoms with Crippen LogP contribution in [0, 0.1) is 0 Å². The van der Waals surface area contributed by atoms with E-state index in [4.69, 9.17) is 4.74 Å². The first kappa shape index (κ1) is 16.4. The monoisotopic (exact) mass is 270 g/mol. The summed E-state index contributed by atoms with van der Waals surface area (Å²) in [5, 5.41) is 3.44. The van der Waals surface area contributed by atoms with Crippen molar-refractivity contribution in [3.05, 3.63) is 0 Å². The molecular weight excluding hydrogens is 240 g/mol. The second-order valence-electron chi connectivity index (χ2n) is 6.58. The number of ether oxygens (including phenoxy) is 1. The van der Waals surface area contributed by atoms with Gasteiger partial charge < -0.3 is 9.64 Å². The molecule has 1 aliphatic carbocycles. The predicted octanol–water partition coefficient (Wildman–Crippen LogP) is 2.18. The minimum atomic E-state index is -0.562. The maximum Gasteiger partial charge on any atom is 0.325 e. The van der Waals surface area contributed by atoms with E-state index in [1.54, 1.807) is 0 Å². The van der Waals surface area contributed by atoms with Gasteiger partial charge in [-0.25, -0.2) is 0 Å². The van der Waals surface area contributed by atoms with E-state index in [1.165, 1.54) is 20.0 Å². The third-order valence-corrected chi connectivity index (χ3v) is 4.58. The molecule has 4 nitrogen and oxygen atoms in total. The molecule has 19 heavy (non-hydrogen) atoms. The molecule has 1 atom stereocenters. The van der Waals surface area contributed by atoms with E-state index in [-0.39, 0.29) is 11.5 Å². The first-order chi connectivity index (χ1) is 8.75. The average Bonchev–Trinajstić information content (AvgIpc) is 3.18. The molecule has 0 aromatic rings. The normalized spacial score (nSPS) is 19.3. The van der Waals surface area contributed by atoms with Crippen LogP contribution in [-0.4, -0.2) is 48.7 Å². The highest BCUT2D eigenvalue weighted by atomic mass is 16.5. The highest BCUT2D eigenvalue weighted by Gasteiger charge is 2.39. The van der Waals surface area contributed by atoms with E-state index in [1.807, 2.05) is 6.92 Å². The van der Waals surface area contributed by atoms with Crippen LogP contribution in [0.15, 0.2) is 0 Å². The minimum Gasteiger partial charge on any atom is -0.468 e. The zero-order valence-electron chi connectivity index (χ0n) is 13.4. The lowest BCUT2D eigenvalue weighted by atomic mass is 9.94. The van der Waals surface area contributed by atoms with E-state index >= 15 is 0 Å². The Labute approximate surface area is 117 Å². The summed E-state index contributed by atoms with van der Waals surface area (Å²) in [4.78, 5) is 14.3. The molecule has 1 aliphatic rings. The van der Waals surface area contributed by atoms with E-state index in [2.05, 4.69) is 38.0 Å². The number of esters is 1. The zero-order valence-corrected chi connectivity index (χ0v) is 13.4. The van der Waals surface area contributed by atoms with Gasteiger partial charge in [0.1, 0.15) is 5.54 Å². The molecule has 0 spiro atoms. The number of carbonyl (C=O) groups is 1. The molecule has 0 saturated heterocycles. The average molecular weight is 270 g/mol. The fourth-order valence-electron chi connectivity index (χ4n) is 2.10. The summed E-state index contributed by atoms with van der Waals surface area (Å²) in [5.41, 5.74) is -0.398. The first-order valence-electron chi connectivity index (χ1n) is 7.32. The van der Waals surface area contributed by atoms with Crippen molar-refractivity contribution in [2.24, 2.45) is 0 Å². The molecule has 4 heteroatoms. The summed E-state index contributed by atoms with van der Waals surface area (Å²) in [6, 6.07) is 0.494. The molecule has 0 aromatic heterocycles. The Kier molecular flexibility index (Phi) is 5.39. The first-order valence-corrected chi connectivity index (χ1v) is 7.32. The van der Waals surface area contributed by atoms with Crippen LogP contribution in [0.1, 0.15) is 53.4 Å². The number of carbonyl (C=O) groups excluding carboxylic acids is 1. The number of nitrogens with zero attached hydrogens (tertiary/aromatic N) is 1. The van der Waals surface area contributed by atoms with Gasteiger partial charge >= 0.3 is 5.97 Å². The quantitative estimate of drug-likeness (QED) is 0.686. The van der Waals surface area contributed by atoms with Crippen LogP contribution in [0.25, 0.3) is 0 Å². The third kappa shape index (κ3) is 4.46. The Morgan fingerprint density at radius 2 is 1.95 bits per heavy atom. The lowest BCUT2D eigenvalue weighted by Crippen LogP contribution is -2.54. The van der Waals surface area contributed by atoms with Crippen molar-refractivity contribution in [1.82, 2.24) is 10.2 Å². The molecule has 0 aromatic carbocycles. The van der Waals surface area contributed by atoms with Gasteiger partial charge in [-0.2, -0.15) is 0 Å². The molecular formula is C15H30N2O2. The molecule has 1 N–H and O–H groups in total. The van der Waals surface area contributed by atoms with Gasteiger partial charge in [0.2, 0.25) is 0 Å². The number of hydrogen-bond donors (Lipinski definition) is 1. The Morgan fingerprint density at radius 1 is 1.37 bits per heavy atom. The molecule has 1 rings (SSSR count). The van der Waals surface area contributed by atoms with E-state index < -0.39 is 5.54 Å². The van der Waals surface area contributed by atoms with Crippen molar-refractivity contribution in [2.75, 3.05) is 20.7 Å². The minimum absolute atomic E-state index is 0.151. The van der Waals surface area contributed by atoms with Gasteiger partial charge in [0, 0.05) is 18.1 Å². The van der Waals surface area contributed by atoms with Crippen molar-refractivity contribution in [2.45, 2.75) is 70.5 Å². The van der Waals surface area contributed by atoms with Gasteiger partial charge in [0.15, 0.2) is 0 Å². The van der Waals surface area contributed by atoms with Gasteiger partial charge in [-0.1, -0.05) is 6.92 Å². The van der Waals surface area contributed by atoms with Crippen LogP contribution < -0.4 is 5.32 Å². The SMILES string of the molecule is CCC(C)(C)N(C)CCC(C)(NC1CC1)C(=O)OC. The molecule has 112 valence electrons. The number of nitrogens with one attached hydrogen (secondary N) is 1. The number of methoxy groups -OCH3 is 1. The summed E-state index contributed by atoms with van der Waals surface area (Å²) in [6.45, 7) is 9.50. The molecule has 1 fully saturated rings. The van der Waals surface area contributed by atoms with Crippen LogP contribution in [0.2, 0.25) is 0 Å². The van der Waals surface area contributed by atoms with Gasteiger partial charge in [-0.3, -0.25) is 10.1 Å². The maximum absolute atomic E-state index is 12.0. The van der Waals surface area contributed by atoms with E-state index in [0.717, 1.165) is 19.4 Å². The van der Waals surface area contributed by atoms with Crippen molar-refractivity contribution < 1.29 is 9.53 Å². The van der Waals surface area contributed by atoms with Crippen LogP contribution in [-0.2, 0) is 9.53 Å². The summed E-state index contributed by atoms with van der Waals surface area (Å²) in [6.07, 6.45) is 4.20. The van der Waals surface area contributed by atoms with Gasteiger partial charge in [-0.05, 0) is 53.5 Å². The Hall–Kier alpha value is -0.610. The van der Waals surface area contributed by atoms with Crippen molar-refractivity contribution in [1.29, 1.82) is 0 Å². The molecule has 0 aliphatic heterocycles. The van der Waals surface area contributed by atoms with Crippen LogP contribution in [0.3, 0.4) is 0 Å². The Balaban J connectivity index is 2.60. The molecule has 0 bridgehead atoms. The van der Waals surface area contributed by atoms with Gasteiger partial charge in [0.05, 0.1) is 7.11 Å². The second-order valence-corrected chi connectivity index (χ2v) is 6.58. The van der Waals surface area contributed by atoms with E-state index in [9.17, 15) is 4.79 Å². The summed E-state index contributed by atoms with van der Waals surface area (Å²) < 4.78 is 4.97. The molecule has 0 amide bonds. The van der Waals surface area contributed by atoms with Crippen molar-refractivity contribution >= 4 is 5.97 Å². The topological polar surface area (TPSA) is 41.6 Å². The van der Waals surface area contributed by atoms with Crippen LogP contribution >= 0.6 is 0 Å². The fourth-order valence-corrected chi connectivity index (χ4v) is 2.10. The molecule has 1 saturated carbocycles. The smallest absolute Gasteiger partial charge is 0.325 e. The Bertz CT molecular complexity index is 313. The number of rotatable bonds is 8. The molecule has 0 heterocycles. The lowest BCUT2D eigenvalue weighted by molar-refractivity contribution is -0.148. The van der Waals surface area contributed by atoms with Gasteiger partial charge in [0.25, 0.3) is 0 Å². The van der Waals surface area contributed by atoms with Crippen molar-refractivity contribution in [3.63, 3.8) is 0 Å². The standard InChI is InChI=1S/C15H30N2O2/c1-7-14(2,3)17(5)11-10-15(4,13(18)19-6)16-12-8-9-12/h12,16H,7-11H2,1-6H3. The third-order valence-electron chi connectivity index (χ3n) is 4.58. The second kappa shape index (κ2) is 6.23.